The Kier molecular flexibility index (Phi) is 4.99. The van der Waals surface area contributed by atoms with Crippen molar-refractivity contribution in [2.75, 3.05) is 7.11 Å². The highest BCUT2D eigenvalue weighted by molar-refractivity contribution is 7.16. The number of nitrogens with one attached hydrogen (secondary N) is 1. The fraction of sp³-hybridized carbons (Fsp3) is 0.214. The lowest BCUT2D eigenvalue weighted by molar-refractivity contribution is -0.385. The largest absolute Gasteiger partial charge is 0.490 e. The predicted molar refractivity (Wildman–Crippen MR) is 84.9 cm³/mol. The van der Waals surface area contributed by atoms with Crippen LogP contribution in [0.1, 0.15) is 28.2 Å². The zero-order valence-electron chi connectivity index (χ0n) is 11.8. The van der Waals surface area contributed by atoms with E-state index in [-0.39, 0.29) is 23.0 Å². The Bertz CT molecular complexity index is 717. The first-order valence-electron chi connectivity index (χ1n) is 6.31. The van der Waals surface area contributed by atoms with Crippen molar-refractivity contribution in [1.29, 1.82) is 0 Å². The average molecular weight is 341 g/mol. The summed E-state index contributed by atoms with van der Waals surface area (Å²) >= 11 is 7.23. The van der Waals surface area contributed by atoms with Gasteiger partial charge in [-0.25, -0.2) is 0 Å². The number of nitrogens with zero attached hydrogens (tertiary/aromatic N) is 1. The second-order valence-corrected chi connectivity index (χ2v) is 6.23. The van der Waals surface area contributed by atoms with Crippen LogP contribution in [0.25, 0.3) is 0 Å². The van der Waals surface area contributed by atoms with Crippen LogP contribution in [0.4, 0.5) is 5.69 Å². The number of amides is 1. The van der Waals surface area contributed by atoms with Crippen molar-refractivity contribution in [3.8, 4) is 5.75 Å². The molecular formula is C14H13ClN2O4S. The van der Waals surface area contributed by atoms with Gasteiger partial charge in [0, 0.05) is 16.5 Å². The van der Waals surface area contributed by atoms with E-state index in [1.54, 1.807) is 6.07 Å². The van der Waals surface area contributed by atoms with Gasteiger partial charge in [0.2, 0.25) is 0 Å². The second kappa shape index (κ2) is 6.76. The summed E-state index contributed by atoms with van der Waals surface area (Å²) in [5.74, 6) is -0.289. The number of thiophene rings is 1. The maximum atomic E-state index is 12.2. The van der Waals surface area contributed by atoms with Crippen molar-refractivity contribution in [2.45, 2.75) is 13.0 Å². The molecule has 0 aliphatic heterocycles. The Labute approximate surface area is 135 Å². The number of ether oxygens (including phenoxy) is 1. The van der Waals surface area contributed by atoms with Crippen LogP contribution < -0.4 is 10.1 Å². The van der Waals surface area contributed by atoms with Crippen LogP contribution >= 0.6 is 22.9 Å². The van der Waals surface area contributed by atoms with Gasteiger partial charge in [0.1, 0.15) is 0 Å². The Morgan fingerprint density at radius 1 is 1.41 bits per heavy atom. The van der Waals surface area contributed by atoms with Crippen LogP contribution in [0.15, 0.2) is 30.3 Å². The lowest BCUT2D eigenvalue weighted by Crippen LogP contribution is -2.26. The van der Waals surface area contributed by atoms with Gasteiger partial charge >= 0.3 is 5.69 Å². The van der Waals surface area contributed by atoms with E-state index in [2.05, 4.69) is 5.32 Å². The van der Waals surface area contributed by atoms with Crippen molar-refractivity contribution in [2.24, 2.45) is 0 Å². The molecule has 0 fully saturated rings. The Morgan fingerprint density at radius 2 is 2.14 bits per heavy atom. The molecule has 0 spiro atoms. The third kappa shape index (κ3) is 3.55. The van der Waals surface area contributed by atoms with Gasteiger partial charge in [0.25, 0.3) is 5.91 Å². The molecular weight excluding hydrogens is 328 g/mol. The van der Waals surface area contributed by atoms with E-state index in [0.29, 0.717) is 4.34 Å². The molecule has 1 amide bonds. The second-order valence-electron chi connectivity index (χ2n) is 4.48. The third-order valence-corrected chi connectivity index (χ3v) is 4.42. The number of carbonyl (C=O) groups excluding carboxylic acids is 1. The molecule has 2 aromatic rings. The van der Waals surface area contributed by atoms with Gasteiger partial charge in [-0.15, -0.1) is 11.3 Å². The third-order valence-electron chi connectivity index (χ3n) is 3.01. The zero-order chi connectivity index (χ0) is 16.3. The van der Waals surface area contributed by atoms with Crippen molar-refractivity contribution in [3.05, 3.63) is 55.2 Å². The van der Waals surface area contributed by atoms with Crippen LogP contribution in [0.3, 0.4) is 0 Å². The summed E-state index contributed by atoms with van der Waals surface area (Å²) in [5.41, 5.74) is -0.0519. The van der Waals surface area contributed by atoms with Crippen molar-refractivity contribution >= 4 is 34.5 Å². The highest BCUT2D eigenvalue weighted by Gasteiger charge is 2.19. The standard InChI is InChI=1S/C14H13ClN2O4S/c1-8(12-5-6-13(15)22-12)16-14(18)9-3-4-11(21-2)10(7-9)17(19)20/h3-8H,1-2H3,(H,16,18)/t8-/m0/s1. The molecule has 0 unspecified atom stereocenters. The van der Waals surface area contributed by atoms with Gasteiger partial charge in [-0.05, 0) is 31.2 Å². The fourth-order valence-corrected chi connectivity index (χ4v) is 2.95. The van der Waals surface area contributed by atoms with Crippen molar-refractivity contribution in [1.82, 2.24) is 5.32 Å². The Morgan fingerprint density at radius 3 is 2.68 bits per heavy atom. The first kappa shape index (κ1) is 16.3. The van der Waals surface area contributed by atoms with Crippen molar-refractivity contribution < 1.29 is 14.5 Å². The summed E-state index contributed by atoms with van der Waals surface area (Å²) in [4.78, 5) is 23.5. The highest BCUT2D eigenvalue weighted by atomic mass is 35.5. The van der Waals surface area contributed by atoms with Gasteiger partial charge in [0.05, 0.1) is 22.4 Å². The number of hydrogen-bond donors (Lipinski definition) is 1. The van der Waals surface area contributed by atoms with E-state index < -0.39 is 10.8 Å². The van der Waals surface area contributed by atoms with Crippen LogP contribution in [-0.2, 0) is 0 Å². The average Bonchev–Trinajstić information content (AvgIpc) is 2.93. The van der Waals surface area contributed by atoms with E-state index >= 15 is 0 Å². The molecule has 0 saturated carbocycles. The summed E-state index contributed by atoms with van der Waals surface area (Å²) in [6, 6.07) is 7.42. The van der Waals surface area contributed by atoms with Gasteiger partial charge < -0.3 is 10.1 Å². The molecule has 2 rings (SSSR count). The normalized spacial score (nSPS) is 11.8. The topological polar surface area (TPSA) is 81.5 Å². The number of carbonyl (C=O) groups is 1. The van der Waals surface area contributed by atoms with Crippen LogP contribution in [-0.4, -0.2) is 17.9 Å². The maximum Gasteiger partial charge on any atom is 0.311 e. The van der Waals surface area contributed by atoms with E-state index in [9.17, 15) is 14.9 Å². The SMILES string of the molecule is COc1ccc(C(=O)N[C@@H](C)c2ccc(Cl)s2)cc1[N+](=O)[O-]. The molecule has 1 N–H and O–H groups in total. The molecule has 6 nitrogen and oxygen atoms in total. The molecule has 116 valence electrons. The molecule has 22 heavy (non-hydrogen) atoms. The van der Waals surface area contributed by atoms with E-state index in [0.717, 1.165) is 4.88 Å². The summed E-state index contributed by atoms with van der Waals surface area (Å²) in [5, 5.41) is 13.8. The zero-order valence-corrected chi connectivity index (χ0v) is 13.4. The monoisotopic (exact) mass is 340 g/mol. The molecule has 1 aromatic heterocycles. The number of hydrogen-bond acceptors (Lipinski definition) is 5. The van der Waals surface area contributed by atoms with E-state index in [4.69, 9.17) is 16.3 Å². The summed E-state index contributed by atoms with van der Waals surface area (Å²) < 4.78 is 5.54. The molecule has 8 heteroatoms. The quantitative estimate of drug-likeness (QED) is 0.662. The summed E-state index contributed by atoms with van der Waals surface area (Å²) in [7, 11) is 1.34. The summed E-state index contributed by atoms with van der Waals surface area (Å²) in [6.07, 6.45) is 0. The van der Waals surface area contributed by atoms with Gasteiger partial charge in [-0.2, -0.15) is 0 Å². The van der Waals surface area contributed by atoms with Crippen LogP contribution in [0.2, 0.25) is 4.34 Å². The van der Waals surface area contributed by atoms with Crippen LogP contribution in [0, 0.1) is 10.1 Å². The first-order chi connectivity index (χ1) is 10.4. The molecule has 0 bridgehead atoms. The van der Waals surface area contributed by atoms with Crippen LogP contribution in [0.5, 0.6) is 5.75 Å². The van der Waals surface area contributed by atoms with Gasteiger partial charge in [-0.1, -0.05) is 11.6 Å². The number of benzene rings is 1. The fourth-order valence-electron chi connectivity index (χ4n) is 1.89. The molecule has 1 heterocycles. The number of nitro benzene ring substituents is 1. The van der Waals surface area contributed by atoms with E-state index in [1.807, 2.05) is 13.0 Å². The van der Waals surface area contributed by atoms with Gasteiger partial charge in [-0.3, -0.25) is 14.9 Å². The Hall–Kier alpha value is -2.12. The highest BCUT2D eigenvalue weighted by Crippen LogP contribution is 2.29. The molecule has 0 saturated heterocycles. The maximum absolute atomic E-state index is 12.2. The minimum absolute atomic E-state index is 0.111. The first-order valence-corrected chi connectivity index (χ1v) is 7.50. The predicted octanol–water partition coefficient (Wildman–Crippen LogP) is 3.81. The van der Waals surface area contributed by atoms with Gasteiger partial charge in [0.15, 0.2) is 5.75 Å². The number of rotatable bonds is 5. The molecule has 1 aromatic carbocycles. The minimum Gasteiger partial charge on any atom is -0.490 e. The minimum atomic E-state index is -0.585. The summed E-state index contributed by atoms with van der Waals surface area (Å²) in [6.45, 7) is 1.82. The molecule has 0 aliphatic carbocycles. The Balaban J connectivity index is 2.19. The van der Waals surface area contributed by atoms with Crippen molar-refractivity contribution in [3.63, 3.8) is 0 Å². The molecule has 0 radical (unpaired) electrons. The lowest BCUT2D eigenvalue weighted by Gasteiger charge is -2.12. The lowest BCUT2D eigenvalue weighted by atomic mass is 10.1. The number of methoxy groups -OCH3 is 1. The smallest absolute Gasteiger partial charge is 0.311 e. The number of halogens is 1. The molecule has 0 aliphatic rings. The number of nitro groups is 1. The van der Waals surface area contributed by atoms with E-state index in [1.165, 1.54) is 36.6 Å². The molecule has 1 atom stereocenters.